The fraction of sp³-hybridized carbons (Fsp3) is 0.400. The minimum atomic E-state index is -0.685. The van der Waals surface area contributed by atoms with Gasteiger partial charge in [0.1, 0.15) is 11.6 Å². The van der Waals surface area contributed by atoms with Gasteiger partial charge < -0.3 is 16.0 Å². The molecule has 3 N–H and O–H groups in total. The third-order valence-corrected chi connectivity index (χ3v) is 7.64. The zero-order valence-corrected chi connectivity index (χ0v) is 20.3. The van der Waals surface area contributed by atoms with Crippen LogP contribution in [-0.2, 0) is 11.8 Å². The molecule has 2 aliphatic rings. The van der Waals surface area contributed by atoms with Gasteiger partial charge in [0.2, 0.25) is 0 Å². The van der Waals surface area contributed by atoms with Crippen molar-refractivity contribution in [2.24, 2.45) is 0 Å². The van der Waals surface area contributed by atoms with Crippen molar-refractivity contribution in [2.45, 2.75) is 44.1 Å². The average Bonchev–Trinajstić information content (AvgIpc) is 3.54. The number of pyridine rings is 1. The first-order chi connectivity index (χ1) is 16.3. The van der Waals surface area contributed by atoms with Crippen LogP contribution in [0.4, 0.5) is 15.9 Å². The van der Waals surface area contributed by atoms with Gasteiger partial charge in [-0.2, -0.15) is 5.10 Å². The molecule has 178 valence electrons. The monoisotopic (exact) mass is 482 g/mol. The molecule has 9 heteroatoms. The summed E-state index contributed by atoms with van der Waals surface area (Å²) in [6.07, 6.45) is 9.34. The molecule has 1 amide bonds. The van der Waals surface area contributed by atoms with Gasteiger partial charge in [-0.25, -0.2) is 9.37 Å². The standard InChI is InChI=1S/C25H28ClFN6O/c1-4-14-10-31-33(12-14)15-7-8-25(9-15)13-30-23-20(25)21(26)17(11-29-23)16-5-6-18(28)19(22(16)27)24(34)32(2)3/h5-6,10-12,15H,4,7-9,13,28H2,1-3H3,(H,29,30)/t15-,25-/m0/s1. The van der Waals surface area contributed by atoms with Gasteiger partial charge in [0.15, 0.2) is 0 Å². The molecule has 7 nitrogen and oxygen atoms in total. The van der Waals surface area contributed by atoms with E-state index >= 15 is 4.39 Å². The van der Waals surface area contributed by atoms with Crippen LogP contribution in [0.1, 0.15) is 53.7 Å². The predicted octanol–water partition coefficient (Wildman–Crippen LogP) is 4.67. The summed E-state index contributed by atoms with van der Waals surface area (Å²) in [5.74, 6) is -0.440. The van der Waals surface area contributed by atoms with Crippen molar-refractivity contribution < 1.29 is 9.18 Å². The van der Waals surface area contributed by atoms with Gasteiger partial charge in [0, 0.05) is 60.8 Å². The third kappa shape index (κ3) is 3.43. The highest BCUT2D eigenvalue weighted by Crippen LogP contribution is 2.54. The lowest BCUT2D eigenvalue weighted by atomic mass is 9.80. The van der Waals surface area contributed by atoms with Crippen LogP contribution in [0.25, 0.3) is 11.1 Å². The van der Waals surface area contributed by atoms with Crippen molar-refractivity contribution in [1.29, 1.82) is 0 Å². The maximum atomic E-state index is 15.6. The van der Waals surface area contributed by atoms with Crippen molar-refractivity contribution in [3.63, 3.8) is 0 Å². The van der Waals surface area contributed by atoms with Crippen LogP contribution < -0.4 is 11.1 Å². The number of benzene rings is 1. The molecule has 1 aliphatic heterocycles. The zero-order valence-electron chi connectivity index (χ0n) is 19.5. The number of nitrogen functional groups attached to an aromatic ring is 1. The number of hydrogen-bond donors (Lipinski definition) is 2. The second-order valence-electron chi connectivity index (χ2n) is 9.51. The number of halogens is 2. The van der Waals surface area contributed by atoms with Crippen LogP contribution >= 0.6 is 11.6 Å². The van der Waals surface area contributed by atoms with E-state index in [0.29, 0.717) is 10.6 Å². The number of carbonyl (C=O) groups is 1. The number of aromatic nitrogens is 3. The molecule has 2 atom stereocenters. The minimum absolute atomic E-state index is 0.0904. The summed E-state index contributed by atoms with van der Waals surface area (Å²) in [7, 11) is 3.12. The Morgan fingerprint density at radius 1 is 1.35 bits per heavy atom. The number of hydrogen-bond acceptors (Lipinski definition) is 5. The smallest absolute Gasteiger partial charge is 0.258 e. The van der Waals surface area contributed by atoms with E-state index in [1.54, 1.807) is 32.4 Å². The van der Waals surface area contributed by atoms with Crippen molar-refractivity contribution >= 4 is 29.0 Å². The first kappa shape index (κ1) is 22.7. The molecule has 0 radical (unpaired) electrons. The molecule has 0 bridgehead atoms. The quantitative estimate of drug-likeness (QED) is 0.527. The molecular formula is C25H28ClFN6O. The Bertz CT molecular complexity index is 1290. The van der Waals surface area contributed by atoms with Crippen LogP contribution in [0, 0.1) is 5.82 Å². The van der Waals surface area contributed by atoms with Crippen molar-refractivity contribution in [2.75, 3.05) is 31.7 Å². The SMILES string of the molecule is CCc1cnn([C@H]2CC[C@@]3(CNc4ncc(-c5ccc(N)c(C(=O)N(C)C)c5F)c(Cl)c43)C2)c1. The number of anilines is 2. The lowest BCUT2D eigenvalue weighted by Gasteiger charge is -2.25. The molecule has 34 heavy (non-hydrogen) atoms. The van der Waals surface area contributed by atoms with Gasteiger partial charge in [-0.05, 0) is 43.4 Å². The van der Waals surface area contributed by atoms with Crippen LogP contribution in [0.5, 0.6) is 0 Å². The third-order valence-electron chi connectivity index (χ3n) is 7.24. The molecule has 3 heterocycles. The predicted molar refractivity (Wildman–Crippen MR) is 132 cm³/mol. The average molecular weight is 483 g/mol. The Kier molecular flexibility index (Phi) is 5.51. The van der Waals surface area contributed by atoms with E-state index in [1.807, 2.05) is 6.20 Å². The highest BCUT2D eigenvalue weighted by atomic mass is 35.5. The molecule has 1 fully saturated rings. The van der Waals surface area contributed by atoms with Gasteiger partial charge in [0.05, 0.1) is 22.8 Å². The molecule has 0 unspecified atom stereocenters. The number of amides is 1. The van der Waals surface area contributed by atoms with Crippen LogP contribution in [0.3, 0.4) is 0 Å². The molecule has 1 saturated carbocycles. The molecule has 5 rings (SSSR count). The number of nitrogens with zero attached hydrogens (tertiary/aromatic N) is 4. The van der Waals surface area contributed by atoms with E-state index in [4.69, 9.17) is 17.3 Å². The Labute approximate surface area is 203 Å². The highest BCUT2D eigenvalue weighted by molar-refractivity contribution is 6.34. The summed E-state index contributed by atoms with van der Waals surface area (Å²) < 4.78 is 17.7. The lowest BCUT2D eigenvalue weighted by Crippen LogP contribution is -2.26. The number of nitrogens with one attached hydrogen (secondary N) is 1. The number of carbonyl (C=O) groups excluding carboxylic acids is 1. The maximum absolute atomic E-state index is 15.6. The molecule has 0 saturated heterocycles. The first-order valence-electron chi connectivity index (χ1n) is 11.5. The molecular weight excluding hydrogens is 455 g/mol. The summed E-state index contributed by atoms with van der Waals surface area (Å²) in [5.41, 5.74) is 8.51. The minimum Gasteiger partial charge on any atom is -0.398 e. The number of fused-ring (bicyclic) bond motifs is 2. The Morgan fingerprint density at radius 3 is 2.85 bits per heavy atom. The topological polar surface area (TPSA) is 89.1 Å². The van der Waals surface area contributed by atoms with E-state index in [9.17, 15) is 4.79 Å². The first-order valence-corrected chi connectivity index (χ1v) is 11.9. The van der Waals surface area contributed by atoms with E-state index in [0.717, 1.165) is 43.6 Å². The Balaban J connectivity index is 1.56. The van der Waals surface area contributed by atoms with Gasteiger partial charge >= 0.3 is 0 Å². The number of aryl methyl sites for hydroxylation is 1. The maximum Gasteiger partial charge on any atom is 0.258 e. The lowest BCUT2D eigenvalue weighted by molar-refractivity contribution is 0.0824. The van der Waals surface area contributed by atoms with Crippen LogP contribution in [0.2, 0.25) is 5.02 Å². The number of rotatable bonds is 4. The van der Waals surface area contributed by atoms with Crippen LogP contribution in [-0.4, -0.2) is 46.2 Å². The molecule has 3 aromatic rings. The summed E-state index contributed by atoms with van der Waals surface area (Å²) in [4.78, 5) is 18.5. The van der Waals surface area contributed by atoms with Crippen LogP contribution in [0.15, 0.2) is 30.7 Å². The van der Waals surface area contributed by atoms with Crippen molar-refractivity contribution in [3.8, 4) is 11.1 Å². The second kappa shape index (κ2) is 8.27. The fourth-order valence-electron chi connectivity index (χ4n) is 5.35. The van der Waals surface area contributed by atoms with Gasteiger partial charge in [-0.1, -0.05) is 18.5 Å². The Hall–Kier alpha value is -3.13. The molecule has 1 spiro atoms. The van der Waals surface area contributed by atoms with E-state index in [1.165, 1.54) is 10.5 Å². The van der Waals surface area contributed by atoms with Gasteiger partial charge in [-0.3, -0.25) is 9.48 Å². The molecule has 1 aliphatic carbocycles. The summed E-state index contributed by atoms with van der Waals surface area (Å²) in [5, 5.41) is 8.46. The van der Waals surface area contributed by atoms with Crippen molar-refractivity contribution in [1.82, 2.24) is 19.7 Å². The van der Waals surface area contributed by atoms with Crippen molar-refractivity contribution in [3.05, 3.63) is 58.3 Å². The largest absolute Gasteiger partial charge is 0.398 e. The highest BCUT2D eigenvalue weighted by Gasteiger charge is 2.48. The second-order valence-corrected chi connectivity index (χ2v) is 9.89. The van der Waals surface area contributed by atoms with E-state index in [-0.39, 0.29) is 28.3 Å². The normalized spacial score (nSPS) is 21.0. The molecule has 1 aromatic carbocycles. The zero-order chi connectivity index (χ0) is 24.2. The van der Waals surface area contributed by atoms with E-state index in [2.05, 4.69) is 33.2 Å². The Morgan fingerprint density at radius 2 is 2.15 bits per heavy atom. The van der Waals surface area contributed by atoms with Gasteiger partial charge in [-0.15, -0.1) is 0 Å². The number of nitrogens with two attached hydrogens (primary N) is 1. The summed E-state index contributed by atoms with van der Waals surface area (Å²) in [6.45, 7) is 2.85. The van der Waals surface area contributed by atoms with E-state index < -0.39 is 11.7 Å². The van der Waals surface area contributed by atoms with Gasteiger partial charge in [0.25, 0.3) is 5.91 Å². The summed E-state index contributed by atoms with van der Waals surface area (Å²) in [6, 6.07) is 3.38. The molecule has 2 aromatic heterocycles. The fourth-order valence-corrected chi connectivity index (χ4v) is 5.79. The summed E-state index contributed by atoms with van der Waals surface area (Å²) >= 11 is 6.99.